The molecular formula is C16H21ClN2O2. The predicted molar refractivity (Wildman–Crippen MR) is 88.1 cm³/mol. The van der Waals surface area contributed by atoms with Crippen molar-refractivity contribution in [3.63, 3.8) is 0 Å². The first-order valence-corrected chi connectivity index (χ1v) is 7.44. The fraction of sp³-hybridized carbons (Fsp3) is 0.438. The quantitative estimate of drug-likeness (QED) is 0.898. The summed E-state index contributed by atoms with van der Waals surface area (Å²) >= 11 is 6.53. The summed E-state index contributed by atoms with van der Waals surface area (Å²) < 4.78 is 10.8. The number of hydrogen-bond acceptors (Lipinski definition) is 4. The van der Waals surface area contributed by atoms with E-state index in [4.69, 9.17) is 26.1 Å². The second-order valence-electron chi connectivity index (χ2n) is 4.75. The van der Waals surface area contributed by atoms with Crippen molar-refractivity contribution >= 4 is 28.2 Å². The molecular weight excluding hydrogens is 288 g/mol. The minimum absolute atomic E-state index is 0.562. The SMILES string of the molecule is CCNc1c(CC)c(C)nc2c(OC)cc(OC)c(Cl)c12. The minimum atomic E-state index is 0.562. The molecule has 1 aromatic heterocycles. The van der Waals surface area contributed by atoms with Crippen LogP contribution >= 0.6 is 11.6 Å². The van der Waals surface area contributed by atoms with Crippen LogP contribution in [0, 0.1) is 6.92 Å². The zero-order chi connectivity index (χ0) is 15.6. The van der Waals surface area contributed by atoms with Crippen LogP contribution in [0.4, 0.5) is 5.69 Å². The van der Waals surface area contributed by atoms with Crippen molar-refractivity contribution in [2.75, 3.05) is 26.1 Å². The maximum absolute atomic E-state index is 6.53. The molecule has 5 heteroatoms. The molecule has 0 aliphatic heterocycles. The lowest BCUT2D eigenvalue weighted by Gasteiger charge is -2.19. The first-order valence-electron chi connectivity index (χ1n) is 7.06. The van der Waals surface area contributed by atoms with E-state index in [0.717, 1.165) is 35.2 Å². The van der Waals surface area contributed by atoms with Crippen LogP contribution in [0.3, 0.4) is 0 Å². The molecule has 0 radical (unpaired) electrons. The van der Waals surface area contributed by atoms with Crippen LogP contribution in [0.25, 0.3) is 10.9 Å². The number of fused-ring (bicyclic) bond motifs is 1. The fourth-order valence-corrected chi connectivity index (χ4v) is 2.93. The molecule has 0 spiro atoms. The van der Waals surface area contributed by atoms with E-state index in [1.54, 1.807) is 20.3 Å². The van der Waals surface area contributed by atoms with Gasteiger partial charge in [0.1, 0.15) is 17.0 Å². The maximum Gasteiger partial charge on any atom is 0.148 e. The van der Waals surface area contributed by atoms with Crippen LogP contribution in [0.15, 0.2) is 6.07 Å². The van der Waals surface area contributed by atoms with Gasteiger partial charge in [-0.25, -0.2) is 4.98 Å². The molecule has 1 aromatic carbocycles. The third-order valence-electron chi connectivity index (χ3n) is 3.58. The summed E-state index contributed by atoms with van der Waals surface area (Å²) in [4.78, 5) is 4.69. The average molecular weight is 309 g/mol. The molecule has 0 unspecified atom stereocenters. The molecule has 0 saturated carbocycles. The van der Waals surface area contributed by atoms with Gasteiger partial charge in [0.25, 0.3) is 0 Å². The highest BCUT2D eigenvalue weighted by molar-refractivity contribution is 6.38. The topological polar surface area (TPSA) is 43.4 Å². The van der Waals surface area contributed by atoms with E-state index in [1.165, 1.54) is 5.56 Å². The third kappa shape index (κ3) is 2.60. The van der Waals surface area contributed by atoms with Crippen LogP contribution in [0.1, 0.15) is 25.1 Å². The lowest BCUT2D eigenvalue weighted by atomic mass is 10.0. The number of aryl methyl sites for hydroxylation is 1. The Kier molecular flexibility index (Phi) is 4.78. The Morgan fingerprint density at radius 1 is 1.19 bits per heavy atom. The van der Waals surface area contributed by atoms with Crippen LogP contribution in [0.5, 0.6) is 11.5 Å². The Labute approximate surface area is 130 Å². The molecule has 0 fully saturated rings. The van der Waals surface area contributed by atoms with E-state index in [9.17, 15) is 0 Å². The van der Waals surface area contributed by atoms with Gasteiger partial charge in [0.05, 0.1) is 24.9 Å². The molecule has 2 aromatic rings. The standard InChI is InChI=1S/C16H21ClN2O2/c1-6-10-9(3)19-16-12(21-5)8-11(20-4)14(17)13(16)15(10)18-7-2/h8H,6-7H2,1-5H3,(H,18,19). The molecule has 1 N–H and O–H groups in total. The molecule has 0 aliphatic carbocycles. The normalized spacial score (nSPS) is 10.8. The molecule has 0 amide bonds. The van der Waals surface area contributed by atoms with Gasteiger partial charge in [-0.15, -0.1) is 0 Å². The summed E-state index contributed by atoms with van der Waals surface area (Å²) in [7, 11) is 3.22. The molecule has 0 atom stereocenters. The van der Waals surface area contributed by atoms with E-state index in [2.05, 4.69) is 19.2 Å². The van der Waals surface area contributed by atoms with Gasteiger partial charge in [0.2, 0.25) is 0 Å². The number of halogens is 1. The number of nitrogens with one attached hydrogen (secondary N) is 1. The van der Waals surface area contributed by atoms with Crippen molar-refractivity contribution < 1.29 is 9.47 Å². The molecule has 1 heterocycles. The van der Waals surface area contributed by atoms with Crippen molar-refractivity contribution in [2.24, 2.45) is 0 Å². The van der Waals surface area contributed by atoms with Gasteiger partial charge >= 0.3 is 0 Å². The van der Waals surface area contributed by atoms with Gasteiger partial charge in [0, 0.05) is 23.7 Å². The lowest BCUT2D eigenvalue weighted by molar-refractivity contribution is 0.397. The number of methoxy groups -OCH3 is 2. The van der Waals surface area contributed by atoms with Crippen molar-refractivity contribution in [3.05, 3.63) is 22.3 Å². The van der Waals surface area contributed by atoms with Crippen molar-refractivity contribution in [2.45, 2.75) is 27.2 Å². The summed E-state index contributed by atoms with van der Waals surface area (Å²) in [5, 5.41) is 4.84. The van der Waals surface area contributed by atoms with E-state index < -0.39 is 0 Å². The van der Waals surface area contributed by atoms with Gasteiger partial charge in [0.15, 0.2) is 0 Å². The van der Waals surface area contributed by atoms with Gasteiger partial charge in [-0.3, -0.25) is 0 Å². The number of aromatic nitrogens is 1. The minimum Gasteiger partial charge on any atom is -0.495 e. The molecule has 21 heavy (non-hydrogen) atoms. The highest BCUT2D eigenvalue weighted by Gasteiger charge is 2.20. The van der Waals surface area contributed by atoms with Crippen molar-refractivity contribution in [3.8, 4) is 11.5 Å². The predicted octanol–water partition coefficient (Wildman–Crippen LogP) is 4.21. The summed E-state index contributed by atoms with van der Waals surface area (Å²) in [6, 6.07) is 1.78. The van der Waals surface area contributed by atoms with Crippen LogP contribution in [-0.4, -0.2) is 25.7 Å². The van der Waals surface area contributed by atoms with Gasteiger partial charge in [-0.2, -0.15) is 0 Å². The highest BCUT2D eigenvalue weighted by atomic mass is 35.5. The lowest BCUT2D eigenvalue weighted by Crippen LogP contribution is -2.06. The van der Waals surface area contributed by atoms with E-state index in [-0.39, 0.29) is 0 Å². The number of ether oxygens (including phenoxy) is 2. The van der Waals surface area contributed by atoms with Crippen LogP contribution < -0.4 is 14.8 Å². The second kappa shape index (κ2) is 6.39. The Morgan fingerprint density at radius 3 is 2.38 bits per heavy atom. The summed E-state index contributed by atoms with van der Waals surface area (Å²) in [5.41, 5.74) is 3.93. The zero-order valence-electron chi connectivity index (χ0n) is 13.1. The van der Waals surface area contributed by atoms with E-state index in [0.29, 0.717) is 16.5 Å². The fourth-order valence-electron chi connectivity index (χ4n) is 2.62. The molecule has 2 rings (SSSR count). The number of rotatable bonds is 5. The largest absolute Gasteiger partial charge is 0.495 e. The molecule has 4 nitrogen and oxygen atoms in total. The zero-order valence-corrected chi connectivity index (χ0v) is 13.9. The molecule has 0 saturated heterocycles. The number of benzene rings is 1. The first-order chi connectivity index (χ1) is 10.1. The summed E-state index contributed by atoms with van der Waals surface area (Å²) in [6.07, 6.45) is 0.882. The third-order valence-corrected chi connectivity index (χ3v) is 3.96. The van der Waals surface area contributed by atoms with Crippen molar-refractivity contribution in [1.29, 1.82) is 0 Å². The molecule has 114 valence electrons. The Hall–Kier alpha value is -1.68. The van der Waals surface area contributed by atoms with Crippen LogP contribution in [-0.2, 0) is 6.42 Å². The molecule has 0 aliphatic rings. The number of anilines is 1. The Morgan fingerprint density at radius 2 is 1.86 bits per heavy atom. The number of nitrogens with zero attached hydrogens (tertiary/aromatic N) is 1. The smallest absolute Gasteiger partial charge is 0.148 e. The van der Waals surface area contributed by atoms with E-state index >= 15 is 0 Å². The van der Waals surface area contributed by atoms with Gasteiger partial charge in [-0.05, 0) is 25.8 Å². The monoisotopic (exact) mass is 308 g/mol. The van der Waals surface area contributed by atoms with Gasteiger partial charge < -0.3 is 14.8 Å². The van der Waals surface area contributed by atoms with Crippen molar-refractivity contribution in [1.82, 2.24) is 4.98 Å². The Balaban J connectivity index is 2.97. The summed E-state index contributed by atoms with van der Waals surface area (Å²) in [6.45, 7) is 6.99. The van der Waals surface area contributed by atoms with Crippen LogP contribution in [0.2, 0.25) is 5.02 Å². The Bertz CT molecular complexity index is 671. The maximum atomic E-state index is 6.53. The van der Waals surface area contributed by atoms with Gasteiger partial charge in [-0.1, -0.05) is 18.5 Å². The average Bonchev–Trinajstić information content (AvgIpc) is 2.48. The second-order valence-corrected chi connectivity index (χ2v) is 5.13. The highest BCUT2D eigenvalue weighted by Crippen LogP contribution is 2.43. The van der Waals surface area contributed by atoms with E-state index in [1.807, 2.05) is 6.92 Å². The number of pyridine rings is 1. The molecule has 0 bridgehead atoms. The first kappa shape index (κ1) is 15.7. The summed E-state index contributed by atoms with van der Waals surface area (Å²) in [5.74, 6) is 1.25. The number of hydrogen-bond donors (Lipinski definition) is 1.